The molecule has 0 aliphatic carbocycles. The Morgan fingerprint density at radius 1 is 1.09 bits per heavy atom. The third-order valence-electron chi connectivity index (χ3n) is 5.86. The van der Waals surface area contributed by atoms with E-state index in [1.807, 2.05) is 20.8 Å². The lowest BCUT2D eigenvalue weighted by molar-refractivity contribution is -0.146. The van der Waals surface area contributed by atoms with Crippen molar-refractivity contribution in [3.8, 4) is 0 Å². The van der Waals surface area contributed by atoms with Gasteiger partial charge in [-0.05, 0) is 51.2 Å². The predicted octanol–water partition coefficient (Wildman–Crippen LogP) is 0.877. The first-order valence-corrected chi connectivity index (χ1v) is 12.9. The number of aliphatic hydroxyl groups excluding tert-OH is 1. The molecule has 1 heterocycles. The van der Waals surface area contributed by atoms with Crippen molar-refractivity contribution >= 4 is 27.8 Å². The fraction of sp³-hybridized carbons (Fsp3) is 0.609. The maximum Gasteiger partial charge on any atom is 0.328 e. The van der Waals surface area contributed by atoms with Gasteiger partial charge in [-0.15, -0.1) is 0 Å². The molecule has 1 aliphatic rings. The van der Waals surface area contributed by atoms with E-state index < -0.39 is 46.0 Å². The maximum absolute atomic E-state index is 13.2. The number of benzene rings is 1. The van der Waals surface area contributed by atoms with Gasteiger partial charge < -0.3 is 20.4 Å². The molecule has 10 nitrogen and oxygen atoms in total. The minimum absolute atomic E-state index is 0.0615. The van der Waals surface area contributed by atoms with Gasteiger partial charge >= 0.3 is 5.97 Å². The molecule has 2 amide bonds. The van der Waals surface area contributed by atoms with Gasteiger partial charge in [-0.1, -0.05) is 31.5 Å². The molecule has 1 aromatic rings. The zero-order chi connectivity index (χ0) is 25.6. The van der Waals surface area contributed by atoms with E-state index in [9.17, 15) is 27.9 Å². The van der Waals surface area contributed by atoms with Gasteiger partial charge in [-0.2, -0.15) is 4.72 Å². The highest BCUT2D eigenvalue weighted by atomic mass is 32.2. The summed E-state index contributed by atoms with van der Waals surface area (Å²) >= 11 is 0. The number of amides is 2. The quantitative estimate of drug-likeness (QED) is 0.374. The SMILES string of the molecule is Cc1ccc(S(=O)(=O)N[C@@H](CC(C)C)C(=O)N2CCC(C(=O)N[C@H](C(=O)O)[C@H](C)O)CC2)cc1. The summed E-state index contributed by atoms with van der Waals surface area (Å²) in [6.07, 6.45) is -0.313. The first-order chi connectivity index (χ1) is 15.8. The Labute approximate surface area is 200 Å². The van der Waals surface area contributed by atoms with Crippen LogP contribution < -0.4 is 10.0 Å². The third kappa shape index (κ3) is 7.51. The number of carboxylic acids is 1. The van der Waals surface area contributed by atoms with Gasteiger partial charge in [0.25, 0.3) is 0 Å². The van der Waals surface area contributed by atoms with E-state index in [0.29, 0.717) is 19.3 Å². The van der Waals surface area contributed by atoms with Crippen LogP contribution in [0.1, 0.15) is 45.6 Å². The summed E-state index contributed by atoms with van der Waals surface area (Å²) in [5.41, 5.74) is 0.920. The summed E-state index contributed by atoms with van der Waals surface area (Å²) in [6, 6.07) is 4.03. The van der Waals surface area contributed by atoms with Gasteiger partial charge in [-0.3, -0.25) is 9.59 Å². The lowest BCUT2D eigenvalue weighted by Gasteiger charge is -2.34. The van der Waals surface area contributed by atoms with Gasteiger partial charge in [-0.25, -0.2) is 13.2 Å². The second-order valence-electron chi connectivity index (χ2n) is 9.28. The van der Waals surface area contributed by atoms with Gasteiger partial charge in [0.2, 0.25) is 21.8 Å². The van der Waals surface area contributed by atoms with Crippen molar-refractivity contribution in [1.29, 1.82) is 0 Å². The molecule has 34 heavy (non-hydrogen) atoms. The molecule has 3 atom stereocenters. The number of aliphatic carboxylic acids is 1. The standard InChI is InChI=1S/C23H35N3O7S/c1-14(2)13-19(25-34(32,33)18-7-5-15(3)6-8-18)22(29)26-11-9-17(10-12-26)21(28)24-20(16(4)27)23(30)31/h5-8,14,16-17,19-20,25,27H,9-13H2,1-4H3,(H,24,28)(H,30,31)/t16-,19-,20-/m0/s1. The van der Waals surface area contributed by atoms with Crippen molar-refractivity contribution < 1.29 is 33.0 Å². The van der Waals surface area contributed by atoms with E-state index in [-0.39, 0.29) is 29.8 Å². The summed E-state index contributed by atoms with van der Waals surface area (Å²) in [7, 11) is -3.90. The molecule has 190 valence electrons. The maximum atomic E-state index is 13.2. The first kappa shape index (κ1) is 27.7. The summed E-state index contributed by atoms with van der Waals surface area (Å²) < 4.78 is 28.3. The molecule has 0 spiro atoms. The normalized spacial score (nSPS) is 17.8. The molecule has 11 heteroatoms. The minimum atomic E-state index is -3.90. The molecule has 0 radical (unpaired) electrons. The number of hydrogen-bond donors (Lipinski definition) is 4. The van der Waals surface area contributed by atoms with Crippen LogP contribution in [0, 0.1) is 18.8 Å². The van der Waals surface area contributed by atoms with Crippen LogP contribution in [-0.4, -0.2) is 72.6 Å². The van der Waals surface area contributed by atoms with Crippen molar-refractivity contribution in [1.82, 2.24) is 14.9 Å². The van der Waals surface area contributed by atoms with Crippen LogP contribution in [0.25, 0.3) is 0 Å². The highest BCUT2D eigenvalue weighted by Crippen LogP contribution is 2.21. The molecular formula is C23H35N3O7S. The Morgan fingerprint density at radius 2 is 1.65 bits per heavy atom. The lowest BCUT2D eigenvalue weighted by atomic mass is 9.94. The number of carbonyl (C=O) groups is 3. The van der Waals surface area contributed by atoms with Crippen LogP contribution in [-0.2, 0) is 24.4 Å². The van der Waals surface area contributed by atoms with E-state index in [2.05, 4.69) is 10.0 Å². The Kier molecular flexibility index (Phi) is 9.60. The van der Waals surface area contributed by atoms with E-state index in [1.165, 1.54) is 24.0 Å². The number of rotatable bonds is 10. The average Bonchev–Trinajstić information content (AvgIpc) is 2.75. The summed E-state index contributed by atoms with van der Waals surface area (Å²) in [5, 5.41) is 21.1. The molecule has 1 saturated heterocycles. The monoisotopic (exact) mass is 497 g/mol. The van der Waals surface area contributed by atoms with Gasteiger partial charge in [0.05, 0.1) is 11.0 Å². The number of carboxylic acid groups (broad SMARTS) is 1. The van der Waals surface area contributed by atoms with Crippen LogP contribution in [0.15, 0.2) is 29.2 Å². The van der Waals surface area contributed by atoms with Crippen LogP contribution >= 0.6 is 0 Å². The topological polar surface area (TPSA) is 153 Å². The van der Waals surface area contributed by atoms with Crippen LogP contribution in [0.4, 0.5) is 0 Å². The van der Waals surface area contributed by atoms with Crippen molar-refractivity contribution in [3.05, 3.63) is 29.8 Å². The largest absolute Gasteiger partial charge is 0.480 e. The van der Waals surface area contributed by atoms with Crippen molar-refractivity contribution in [2.24, 2.45) is 11.8 Å². The van der Waals surface area contributed by atoms with Gasteiger partial charge in [0, 0.05) is 19.0 Å². The van der Waals surface area contributed by atoms with E-state index in [4.69, 9.17) is 5.11 Å². The van der Waals surface area contributed by atoms with Crippen molar-refractivity contribution in [2.75, 3.05) is 13.1 Å². The highest BCUT2D eigenvalue weighted by molar-refractivity contribution is 7.89. The summed E-state index contributed by atoms with van der Waals surface area (Å²) in [6.45, 7) is 7.42. The number of carbonyl (C=O) groups excluding carboxylic acids is 2. The number of piperidine rings is 1. The predicted molar refractivity (Wildman–Crippen MR) is 125 cm³/mol. The number of sulfonamides is 1. The number of aliphatic hydroxyl groups is 1. The minimum Gasteiger partial charge on any atom is -0.480 e. The van der Waals surface area contributed by atoms with E-state index in [0.717, 1.165) is 5.56 Å². The van der Waals surface area contributed by atoms with Gasteiger partial charge in [0.1, 0.15) is 6.04 Å². The van der Waals surface area contributed by atoms with E-state index >= 15 is 0 Å². The third-order valence-corrected chi connectivity index (χ3v) is 7.35. The second-order valence-corrected chi connectivity index (χ2v) is 11.0. The molecular weight excluding hydrogens is 462 g/mol. The fourth-order valence-electron chi connectivity index (χ4n) is 3.89. The molecule has 1 aliphatic heterocycles. The lowest BCUT2D eigenvalue weighted by Crippen LogP contribution is -2.53. The second kappa shape index (κ2) is 11.8. The molecule has 0 unspecified atom stereocenters. The highest BCUT2D eigenvalue weighted by Gasteiger charge is 2.35. The number of aryl methyl sites for hydroxylation is 1. The Morgan fingerprint density at radius 3 is 2.12 bits per heavy atom. The molecule has 4 N–H and O–H groups in total. The molecule has 0 aromatic heterocycles. The Balaban J connectivity index is 2.05. The van der Waals surface area contributed by atoms with E-state index in [1.54, 1.807) is 12.1 Å². The van der Waals surface area contributed by atoms with Gasteiger partial charge in [0.15, 0.2) is 6.04 Å². The number of nitrogens with one attached hydrogen (secondary N) is 2. The van der Waals surface area contributed by atoms with Crippen molar-refractivity contribution in [3.63, 3.8) is 0 Å². The zero-order valence-corrected chi connectivity index (χ0v) is 20.8. The summed E-state index contributed by atoms with van der Waals surface area (Å²) in [4.78, 5) is 38.5. The first-order valence-electron chi connectivity index (χ1n) is 11.4. The molecule has 2 rings (SSSR count). The van der Waals surface area contributed by atoms with Crippen LogP contribution in [0.3, 0.4) is 0 Å². The molecule has 0 bridgehead atoms. The van der Waals surface area contributed by atoms with Crippen LogP contribution in [0.5, 0.6) is 0 Å². The smallest absolute Gasteiger partial charge is 0.328 e. The Bertz CT molecular complexity index is 969. The summed E-state index contributed by atoms with van der Waals surface area (Å²) in [5.74, 6) is -2.60. The zero-order valence-electron chi connectivity index (χ0n) is 20.0. The fourth-order valence-corrected chi connectivity index (χ4v) is 5.09. The van der Waals surface area contributed by atoms with Crippen LogP contribution in [0.2, 0.25) is 0 Å². The van der Waals surface area contributed by atoms with Crippen molar-refractivity contribution in [2.45, 2.75) is 70.0 Å². The number of likely N-dealkylation sites (tertiary alicyclic amines) is 1. The Hall–Kier alpha value is -2.50. The average molecular weight is 498 g/mol. The molecule has 1 fully saturated rings. The molecule has 1 aromatic carbocycles. The molecule has 0 saturated carbocycles. The number of nitrogens with zero attached hydrogens (tertiary/aromatic N) is 1. The number of hydrogen-bond acceptors (Lipinski definition) is 6.